The first-order valence-electron chi connectivity index (χ1n) is 6.90. The number of hydrogen-bond donors (Lipinski definition) is 1. The smallest absolute Gasteiger partial charge is 0.328 e. The topological polar surface area (TPSA) is 66.8 Å². The Morgan fingerprint density at radius 1 is 1.35 bits per heavy atom. The minimum atomic E-state index is -1.00. The standard InChI is InChI=1S/C14H17NO4S/c16-13(15-5-6-19-8-10(15)14(17)18)12-7-9-3-1-2-4-11(9)20-12/h7,10H,1-6,8H2,(H,17,18). The van der Waals surface area contributed by atoms with Gasteiger partial charge in [0.25, 0.3) is 5.91 Å². The summed E-state index contributed by atoms with van der Waals surface area (Å²) in [4.78, 5) is 27.2. The zero-order valence-electron chi connectivity index (χ0n) is 11.1. The molecule has 0 saturated carbocycles. The van der Waals surface area contributed by atoms with Crippen molar-refractivity contribution in [2.75, 3.05) is 19.8 Å². The van der Waals surface area contributed by atoms with Crippen LogP contribution in [0.4, 0.5) is 0 Å². The third-order valence-electron chi connectivity index (χ3n) is 3.88. The molecule has 1 N–H and O–H groups in total. The van der Waals surface area contributed by atoms with Crippen molar-refractivity contribution < 1.29 is 19.4 Å². The molecule has 2 aliphatic rings. The highest BCUT2D eigenvalue weighted by Crippen LogP contribution is 2.30. The normalized spacial score (nSPS) is 22.4. The van der Waals surface area contributed by atoms with Crippen LogP contribution >= 0.6 is 11.3 Å². The molecule has 1 aromatic heterocycles. The van der Waals surface area contributed by atoms with Crippen LogP contribution in [0.1, 0.15) is 33.0 Å². The van der Waals surface area contributed by atoms with E-state index in [2.05, 4.69) is 0 Å². The number of carboxylic acid groups (broad SMARTS) is 1. The number of aryl methyl sites for hydroxylation is 2. The molecule has 1 atom stereocenters. The highest BCUT2D eigenvalue weighted by atomic mass is 32.1. The van der Waals surface area contributed by atoms with Gasteiger partial charge in [0.05, 0.1) is 18.1 Å². The lowest BCUT2D eigenvalue weighted by atomic mass is 9.99. The van der Waals surface area contributed by atoms with Gasteiger partial charge >= 0.3 is 5.97 Å². The molecule has 0 radical (unpaired) electrons. The van der Waals surface area contributed by atoms with Gasteiger partial charge < -0.3 is 14.7 Å². The Morgan fingerprint density at radius 2 is 2.15 bits per heavy atom. The number of amides is 1. The molecule has 6 heteroatoms. The van der Waals surface area contributed by atoms with Crippen LogP contribution in [0.25, 0.3) is 0 Å². The van der Waals surface area contributed by atoms with Crippen molar-refractivity contribution in [3.8, 4) is 0 Å². The maximum atomic E-state index is 12.5. The molecule has 1 aliphatic heterocycles. The van der Waals surface area contributed by atoms with Crippen molar-refractivity contribution in [2.45, 2.75) is 31.7 Å². The molecule has 20 heavy (non-hydrogen) atoms. The lowest BCUT2D eigenvalue weighted by Crippen LogP contribution is -2.52. The minimum Gasteiger partial charge on any atom is -0.480 e. The molecule has 0 spiro atoms. The fourth-order valence-electron chi connectivity index (χ4n) is 2.79. The van der Waals surface area contributed by atoms with Gasteiger partial charge in [-0.25, -0.2) is 4.79 Å². The molecule has 3 rings (SSSR count). The summed E-state index contributed by atoms with van der Waals surface area (Å²) in [6.07, 6.45) is 4.42. The van der Waals surface area contributed by atoms with Crippen LogP contribution in [0, 0.1) is 0 Å². The first-order valence-corrected chi connectivity index (χ1v) is 7.71. The van der Waals surface area contributed by atoms with Gasteiger partial charge in [-0.05, 0) is 37.3 Å². The van der Waals surface area contributed by atoms with Crippen LogP contribution in [0.5, 0.6) is 0 Å². The summed E-state index contributed by atoms with van der Waals surface area (Å²) in [6, 6.07) is 1.09. The highest BCUT2D eigenvalue weighted by Gasteiger charge is 2.34. The predicted octanol–water partition coefficient (Wildman–Crippen LogP) is 1.55. The van der Waals surface area contributed by atoms with Gasteiger partial charge in [-0.1, -0.05) is 0 Å². The Hall–Kier alpha value is -1.40. The van der Waals surface area contributed by atoms with E-state index in [1.807, 2.05) is 6.07 Å². The average Bonchev–Trinajstić information content (AvgIpc) is 2.90. The molecule has 1 unspecified atom stereocenters. The Labute approximate surface area is 121 Å². The lowest BCUT2D eigenvalue weighted by molar-refractivity contribution is -0.147. The number of rotatable bonds is 2. The van der Waals surface area contributed by atoms with E-state index < -0.39 is 12.0 Å². The quantitative estimate of drug-likeness (QED) is 0.899. The molecular formula is C14H17NO4S. The van der Waals surface area contributed by atoms with Gasteiger partial charge in [0.1, 0.15) is 0 Å². The largest absolute Gasteiger partial charge is 0.480 e. The van der Waals surface area contributed by atoms with E-state index in [1.165, 1.54) is 39.5 Å². The SMILES string of the molecule is O=C(O)C1COCCN1C(=O)c1cc2c(s1)CCCC2. The molecule has 1 amide bonds. The van der Waals surface area contributed by atoms with Crippen molar-refractivity contribution in [3.63, 3.8) is 0 Å². The second kappa shape index (κ2) is 5.54. The summed E-state index contributed by atoms with van der Waals surface area (Å²) in [5, 5.41) is 9.20. The number of hydrogen-bond acceptors (Lipinski definition) is 4. The van der Waals surface area contributed by atoms with Gasteiger partial charge in [-0.3, -0.25) is 4.79 Å². The maximum Gasteiger partial charge on any atom is 0.328 e. The van der Waals surface area contributed by atoms with Crippen LogP contribution in [0.2, 0.25) is 0 Å². The summed E-state index contributed by atoms with van der Waals surface area (Å²) >= 11 is 1.53. The van der Waals surface area contributed by atoms with Crippen molar-refractivity contribution in [2.24, 2.45) is 0 Å². The van der Waals surface area contributed by atoms with Crippen LogP contribution in [-0.2, 0) is 22.4 Å². The number of aliphatic carboxylic acids is 1. The number of nitrogens with zero attached hydrogens (tertiary/aromatic N) is 1. The molecule has 0 aromatic carbocycles. The summed E-state index contributed by atoms with van der Waals surface area (Å²) in [5.41, 5.74) is 1.27. The number of fused-ring (bicyclic) bond motifs is 1. The Bertz CT molecular complexity index is 516. The second-order valence-corrected chi connectivity index (χ2v) is 6.33. The summed E-state index contributed by atoms with van der Waals surface area (Å²) in [7, 11) is 0. The lowest BCUT2D eigenvalue weighted by Gasteiger charge is -2.32. The Kier molecular flexibility index (Phi) is 3.76. The highest BCUT2D eigenvalue weighted by molar-refractivity contribution is 7.14. The zero-order chi connectivity index (χ0) is 14.1. The molecule has 108 valence electrons. The molecule has 2 heterocycles. The molecule has 1 aliphatic carbocycles. The third kappa shape index (κ3) is 2.45. The number of ether oxygens (including phenoxy) is 1. The molecule has 1 saturated heterocycles. The minimum absolute atomic E-state index is 0.0756. The van der Waals surface area contributed by atoms with Crippen molar-refractivity contribution in [1.29, 1.82) is 0 Å². The van der Waals surface area contributed by atoms with Gasteiger partial charge in [-0.15, -0.1) is 11.3 Å². The second-order valence-electron chi connectivity index (χ2n) is 5.19. The van der Waals surface area contributed by atoms with Crippen LogP contribution in [0.3, 0.4) is 0 Å². The Balaban J connectivity index is 1.83. The predicted molar refractivity (Wildman–Crippen MR) is 74.2 cm³/mol. The number of carbonyl (C=O) groups excluding carboxylic acids is 1. The average molecular weight is 295 g/mol. The summed E-state index contributed by atoms with van der Waals surface area (Å²) < 4.78 is 5.17. The van der Waals surface area contributed by atoms with E-state index in [9.17, 15) is 14.7 Å². The van der Waals surface area contributed by atoms with E-state index in [0.29, 0.717) is 18.0 Å². The number of carbonyl (C=O) groups is 2. The molecule has 5 nitrogen and oxygen atoms in total. The van der Waals surface area contributed by atoms with Gasteiger partial charge in [-0.2, -0.15) is 0 Å². The monoisotopic (exact) mass is 295 g/mol. The summed E-state index contributed by atoms with van der Waals surface area (Å²) in [6.45, 7) is 0.825. The molecular weight excluding hydrogens is 278 g/mol. The van der Waals surface area contributed by atoms with Crippen molar-refractivity contribution >= 4 is 23.2 Å². The van der Waals surface area contributed by atoms with Crippen molar-refractivity contribution in [1.82, 2.24) is 4.90 Å². The van der Waals surface area contributed by atoms with E-state index in [1.54, 1.807) is 0 Å². The zero-order valence-corrected chi connectivity index (χ0v) is 11.9. The van der Waals surface area contributed by atoms with E-state index in [4.69, 9.17) is 4.74 Å². The third-order valence-corrected chi connectivity index (χ3v) is 5.11. The summed E-state index contributed by atoms with van der Waals surface area (Å²) in [5.74, 6) is -1.17. The van der Waals surface area contributed by atoms with Crippen LogP contribution < -0.4 is 0 Å². The number of morpholine rings is 1. The van der Waals surface area contributed by atoms with E-state index in [-0.39, 0.29) is 12.5 Å². The molecule has 0 bridgehead atoms. The van der Waals surface area contributed by atoms with Crippen LogP contribution in [0.15, 0.2) is 6.07 Å². The maximum absolute atomic E-state index is 12.5. The van der Waals surface area contributed by atoms with Gasteiger partial charge in [0.2, 0.25) is 0 Å². The van der Waals surface area contributed by atoms with Crippen molar-refractivity contribution in [3.05, 3.63) is 21.4 Å². The first-order chi connectivity index (χ1) is 9.66. The molecule has 1 aromatic rings. The first kappa shape index (κ1) is 13.6. The van der Waals surface area contributed by atoms with Gasteiger partial charge in [0.15, 0.2) is 6.04 Å². The number of thiophene rings is 1. The van der Waals surface area contributed by atoms with Crippen LogP contribution in [-0.4, -0.2) is 47.7 Å². The fraction of sp³-hybridized carbons (Fsp3) is 0.571. The molecule has 1 fully saturated rings. The number of carboxylic acids is 1. The van der Waals surface area contributed by atoms with E-state index in [0.717, 1.165) is 12.8 Å². The van der Waals surface area contributed by atoms with E-state index >= 15 is 0 Å². The van der Waals surface area contributed by atoms with Gasteiger partial charge in [0, 0.05) is 11.4 Å². The Morgan fingerprint density at radius 3 is 2.90 bits per heavy atom. The fourth-order valence-corrected chi connectivity index (χ4v) is 4.00.